The highest BCUT2D eigenvalue weighted by Gasteiger charge is 2.54. The van der Waals surface area contributed by atoms with Crippen LogP contribution in [0.15, 0.2) is 0 Å². The number of methoxy groups -OCH3 is 1. The normalized spacial score (nSPS) is 45.2. The van der Waals surface area contributed by atoms with E-state index < -0.39 is 118 Å². The van der Waals surface area contributed by atoms with Gasteiger partial charge in [-0.25, -0.2) is 0 Å². The number of nitrogens with zero attached hydrogens (tertiary/aromatic N) is 1. The van der Waals surface area contributed by atoms with Crippen LogP contribution in [0.25, 0.3) is 0 Å². The summed E-state index contributed by atoms with van der Waals surface area (Å²) in [6, 6.07) is -0.0769. The zero-order valence-electron chi connectivity index (χ0n) is 39.9. The molecule has 0 aromatic heterocycles. The molecule has 0 radical (unpaired) electrons. The van der Waals surface area contributed by atoms with Crippen molar-refractivity contribution in [1.82, 2.24) is 4.90 Å². The SMILES string of the molecule is CC[C@H]1OC(=O)[C@H](C)[C@@H](O[C@H]2C[C@@](C)(OC)[C@@H](O[Si](C)(C)C)[C@H](C)O2)[C@H](C)[C@@H](O[C@@H]2O[C@H](C)C[C@H](N(C)C)[C@H]2O[Si](C)(C)C)[C@](C)(O)C[C@@H](C)C(=O)[C@H](C)[C@@H](O)[C@]1(C)O. The second kappa shape index (κ2) is 19.9. The van der Waals surface area contributed by atoms with Gasteiger partial charge in [0.15, 0.2) is 29.2 Å². The van der Waals surface area contributed by atoms with Crippen LogP contribution in [0, 0.1) is 23.7 Å². The standard InChI is InChI=1S/C43H83NO13Si2/c1-20-31-43(10,49)36(46)26(4)33(45)24(2)22-41(8,48)37(55-40-35(56-58(14,15)16)30(44(11)12)21-25(3)51-40)27(5)34(28(6)39(47)53-31)54-32-23-42(9,50-13)38(29(7)52-32)57-59(17,18)19/h24-32,34-38,40,46,48-49H,20-23H2,1-19H3/t24-,25-,26+,27+,28-,29+,30+,31-,32+,34+,35-,36-,37-,38+,40+,41-,42-,43-/m1/s1. The number of Topliss-reactive ketones (excluding diaryl/α,β-unsaturated/α-hetero) is 1. The third-order valence-corrected chi connectivity index (χ3v) is 14.7. The molecule has 0 bridgehead atoms. The summed E-state index contributed by atoms with van der Waals surface area (Å²) in [5.41, 5.74) is -4.53. The van der Waals surface area contributed by atoms with Crippen LogP contribution < -0.4 is 0 Å². The van der Waals surface area contributed by atoms with E-state index in [1.807, 2.05) is 41.8 Å². The van der Waals surface area contributed by atoms with Crippen LogP contribution >= 0.6 is 0 Å². The Hall–Kier alpha value is -0.866. The van der Waals surface area contributed by atoms with E-state index in [1.165, 1.54) is 6.92 Å². The number of carbonyl (C=O) groups is 2. The van der Waals surface area contributed by atoms with Crippen molar-refractivity contribution in [2.75, 3.05) is 21.2 Å². The van der Waals surface area contributed by atoms with Gasteiger partial charge in [0.25, 0.3) is 0 Å². The van der Waals surface area contributed by atoms with Gasteiger partial charge in [0.1, 0.15) is 23.6 Å². The van der Waals surface area contributed by atoms with E-state index >= 15 is 0 Å². The van der Waals surface area contributed by atoms with E-state index in [4.69, 9.17) is 37.3 Å². The fourth-order valence-electron chi connectivity index (χ4n) is 9.52. The van der Waals surface area contributed by atoms with Gasteiger partial charge in [-0.05, 0) is 114 Å². The van der Waals surface area contributed by atoms with Crippen molar-refractivity contribution in [2.24, 2.45) is 23.7 Å². The van der Waals surface area contributed by atoms with E-state index in [1.54, 1.807) is 41.7 Å². The molecule has 3 rings (SSSR count). The summed E-state index contributed by atoms with van der Waals surface area (Å²) in [5, 5.41) is 36.1. The lowest BCUT2D eigenvalue weighted by Crippen LogP contribution is -2.62. The third-order valence-electron chi connectivity index (χ3n) is 12.7. The zero-order chi connectivity index (χ0) is 45.4. The predicted octanol–water partition coefficient (Wildman–Crippen LogP) is 5.50. The van der Waals surface area contributed by atoms with Crippen molar-refractivity contribution in [1.29, 1.82) is 0 Å². The Kier molecular flexibility index (Phi) is 17.7. The van der Waals surface area contributed by atoms with Gasteiger partial charge in [0.2, 0.25) is 0 Å². The Labute approximate surface area is 357 Å². The fourth-order valence-corrected chi connectivity index (χ4v) is 11.8. The number of hydrogen-bond donors (Lipinski definition) is 3. The number of aliphatic hydroxyl groups is 3. The summed E-state index contributed by atoms with van der Waals surface area (Å²) in [5.74, 6) is -4.67. The van der Waals surface area contributed by atoms with Gasteiger partial charge in [-0.2, -0.15) is 0 Å². The second-order valence-electron chi connectivity index (χ2n) is 20.9. The first kappa shape index (κ1) is 52.5. The average Bonchev–Trinajstić information content (AvgIpc) is 3.10. The topological polar surface area (TPSA) is 172 Å². The first-order valence-corrected chi connectivity index (χ1v) is 28.7. The predicted molar refractivity (Wildman–Crippen MR) is 231 cm³/mol. The first-order chi connectivity index (χ1) is 26.8. The quantitative estimate of drug-likeness (QED) is 0.176. The molecule has 3 saturated heterocycles. The highest BCUT2D eigenvalue weighted by Crippen LogP contribution is 2.42. The highest BCUT2D eigenvalue weighted by atomic mass is 28.4. The Bertz CT molecular complexity index is 1390. The molecule has 0 spiro atoms. The summed E-state index contributed by atoms with van der Waals surface area (Å²) >= 11 is 0. The van der Waals surface area contributed by atoms with E-state index in [-0.39, 0.29) is 37.2 Å². The lowest BCUT2D eigenvalue weighted by Gasteiger charge is -2.51. The van der Waals surface area contributed by atoms with Crippen LogP contribution in [0.5, 0.6) is 0 Å². The Balaban J connectivity index is 2.25. The van der Waals surface area contributed by atoms with Crippen molar-refractivity contribution in [3.8, 4) is 0 Å². The van der Waals surface area contributed by atoms with Crippen LogP contribution in [0.2, 0.25) is 39.3 Å². The van der Waals surface area contributed by atoms with Crippen LogP contribution in [-0.2, 0) is 46.9 Å². The van der Waals surface area contributed by atoms with Crippen molar-refractivity contribution >= 4 is 28.4 Å². The number of ketones is 1. The maximum absolute atomic E-state index is 14.4. The van der Waals surface area contributed by atoms with Gasteiger partial charge in [0, 0.05) is 37.3 Å². The fraction of sp³-hybridized carbons (Fsp3) is 0.953. The zero-order valence-corrected chi connectivity index (χ0v) is 41.9. The summed E-state index contributed by atoms with van der Waals surface area (Å²) in [6.45, 7) is 30.1. The number of aliphatic hydroxyl groups excluding tert-OH is 1. The van der Waals surface area contributed by atoms with Gasteiger partial charge in [0.05, 0.1) is 53.7 Å². The molecule has 0 aliphatic carbocycles. The van der Waals surface area contributed by atoms with Gasteiger partial charge >= 0.3 is 5.97 Å². The van der Waals surface area contributed by atoms with Crippen molar-refractivity contribution < 1.29 is 62.2 Å². The second-order valence-corrected chi connectivity index (χ2v) is 29.8. The number of likely N-dealkylation sites (N-methyl/N-ethyl adjacent to an activating group) is 1. The molecule has 0 amide bonds. The van der Waals surface area contributed by atoms with Crippen molar-refractivity contribution in [3.05, 3.63) is 0 Å². The number of rotatable bonds is 11. The first-order valence-electron chi connectivity index (χ1n) is 21.9. The lowest BCUT2D eigenvalue weighted by molar-refractivity contribution is -0.315. The Morgan fingerprint density at radius 3 is 1.90 bits per heavy atom. The number of hydrogen-bond acceptors (Lipinski definition) is 14. The average molecular weight is 878 g/mol. The minimum Gasteiger partial charge on any atom is -0.459 e. The van der Waals surface area contributed by atoms with E-state index in [2.05, 4.69) is 44.2 Å². The van der Waals surface area contributed by atoms with E-state index in [9.17, 15) is 24.9 Å². The lowest BCUT2D eigenvalue weighted by atomic mass is 9.74. The van der Waals surface area contributed by atoms with E-state index in [0.717, 1.165) is 0 Å². The number of esters is 1. The van der Waals surface area contributed by atoms with Gasteiger partial charge in [-0.15, -0.1) is 0 Å². The maximum atomic E-state index is 14.4. The highest BCUT2D eigenvalue weighted by molar-refractivity contribution is 6.70. The molecule has 3 aliphatic rings. The molecule has 59 heavy (non-hydrogen) atoms. The molecule has 3 fully saturated rings. The summed E-state index contributed by atoms with van der Waals surface area (Å²) in [6.07, 6.45) is -7.22. The third kappa shape index (κ3) is 12.9. The minimum atomic E-state index is -2.19. The molecule has 0 aromatic rings. The number of ether oxygens (including phenoxy) is 6. The van der Waals surface area contributed by atoms with Crippen molar-refractivity contribution in [2.45, 2.75) is 218 Å². The Morgan fingerprint density at radius 2 is 1.39 bits per heavy atom. The largest absolute Gasteiger partial charge is 0.459 e. The maximum Gasteiger partial charge on any atom is 0.311 e. The molecule has 0 aromatic carbocycles. The van der Waals surface area contributed by atoms with Gasteiger partial charge in [-0.1, -0.05) is 27.7 Å². The molecular weight excluding hydrogens is 795 g/mol. The molecule has 14 nitrogen and oxygen atoms in total. The monoisotopic (exact) mass is 878 g/mol. The molecule has 0 unspecified atom stereocenters. The number of cyclic esters (lactones) is 1. The molecule has 18 atom stereocenters. The summed E-state index contributed by atoms with van der Waals surface area (Å²) in [7, 11) is 1.40. The van der Waals surface area contributed by atoms with Crippen molar-refractivity contribution in [3.63, 3.8) is 0 Å². The molecule has 346 valence electrons. The molecule has 0 saturated carbocycles. The van der Waals surface area contributed by atoms with Gasteiger partial charge < -0.3 is 57.5 Å². The number of carbonyl (C=O) groups excluding carboxylic acids is 2. The Morgan fingerprint density at radius 1 is 0.814 bits per heavy atom. The summed E-state index contributed by atoms with van der Waals surface area (Å²) < 4.78 is 52.8. The molecule has 3 N–H and O–H groups in total. The minimum absolute atomic E-state index is 0.0733. The van der Waals surface area contributed by atoms with Gasteiger partial charge in [-0.3, -0.25) is 9.59 Å². The summed E-state index contributed by atoms with van der Waals surface area (Å²) in [4.78, 5) is 30.6. The van der Waals surface area contributed by atoms with E-state index in [0.29, 0.717) is 6.42 Å². The molecule has 3 aliphatic heterocycles. The molecule has 3 heterocycles. The van der Waals surface area contributed by atoms with Crippen LogP contribution in [0.1, 0.15) is 94.9 Å². The molecular formula is C43H83NO13Si2. The van der Waals surface area contributed by atoms with Crippen LogP contribution in [0.4, 0.5) is 0 Å². The smallest absolute Gasteiger partial charge is 0.311 e. The van der Waals surface area contributed by atoms with Crippen LogP contribution in [-0.4, -0.2) is 154 Å². The molecule has 16 heteroatoms. The van der Waals surface area contributed by atoms with Crippen LogP contribution in [0.3, 0.4) is 0 Å².